The Morgan fingerprint density at radius 3 is 2.57 bits per heavy atom. The second kappa shape index (κ2) is 5.82. The standard InChI is InChI=1S/C9H21N3O2/c1-7(8(10)12-14)4-11-5-9(2,3)6-13/h7,11,13-14H,4-6H2,1-3H3,(H2,10,12). The molecule has 84 valence electrons. The molecule has 0 aliphatic heterocycles. The minimum absolute atomic E-state index is 0.00510. The zero-order valence-electron chi connectivity index (χ0n) is 9.12. The molecule has 5 nitrogen and oxygen atoms in total. The number of rotatable bonds is 6. The molecule has 0 aromatic heterocycles. The highest BCUT2D eigenvalue weighted by Crippen LogP contribution is 2.11. The fraction of sp³-hybridized carbons (Fsp3) is 0.889. The van der Waals surface area contributed by atoms with E-state index in [1.54, 1.807) is 0 Å². The maximum Gasteiger partial charge on any atom is 0.143 e. The topological polar surface area (TPSA) is 90.9 Å². The van der Waals surface area contributed by atoms with Crippen molar-refractivity contribution < 1.29 is 10.3 Å². The number of oxime groups is 1. The predicted octanol–water partition coefficient (Wildman–Crippen LogP) is -0.0230. The first kappa shape index (κ1) is 13.2. The Labute approximate surface area is 85.0 Å². The van der Waals surface area contributed by atoms with Crippen molar-refractivity contribution in [3.05, 3.63) is 0 Å². The van der Waals surface area contributed by atoms with Gasteiger partial charge in [0.1, 0.15) is 5.84 Å². The molecule has 0 heterocycles. The first-order valence-electron chi connectivity index (χ1n) is 4.72. The molecular formula is C9H21N3O2. The smallest absolute Gasteiger partial charge is 0.143 e. The van der Waals surface area contributed by atoms with E-state index in [-0.39, 0.29) is 23.8 Å². The van der Waals surface area contributed by atoms with Gasteiger partial charge in [0.05, 0.1) is 0 Å². The molecule has 0 aromatic rings. The Kier molecular flexibility index (Phi) is 5.49. The van der Waals surface area contributed by atoms with Gasteiger partial charge in [-0.25, -0.2) is 0 Å². The SMILES string of the molecule is CC(CNCC(C)(C)CO)C(N)=NO. The molecule has 0 rings (SSSR count). The number of hydrogen-bond acceptors (Lipinski definition) is 4. The molecule has 1 atom stereocenters. The van der Waals surface area contributed by atoms with Gasteiger partial charge < -0.3 is 21.4 Å². The van der Waals surface area contributed by atoms with E-state index in [0.717, 1.165) is 0 Å². The fourth-order valence-corrected chi connectivity index (χ4v) is 0.886. The molecule has 5 N–H and O–H groups in total. The first-order valence-corrected chi connectivity index (χ1v) is 4.72. The highest BCUT2D eigenvalue weighted by Gasteiger charge is 2.16. The molecule has 1 unspecified atom stereocenters. The number of nitrogens with one attached hydrogen (secondary N) is 1. The van der Waals surface area contributed by atoms with Gasteiger partial charge in [-0.15, -0.1) is 0 Å². The minimum atomic E-state index is -0.134. The third-order valence-corrected chi connectivity index (χ3v) is 2.10. The van der Waals surface area contributed by atoms with Gasteiger partial charge in [0, 0.05) is 31.0 Å². The van der Waals surface area contributed by atoms with Crippen LogP contribution in [-0.4, -0.2) is 35.8 Å². The summed E-state index contributed by atoms with van der Waals surface area (Å²) in [5, 5.41) is 23.5. The van der Waals surface area contributed by atoms with Crippen molar-refractivity contribution >= 4 is 5.84 Å². The van der Waals surface area contributed by atoms with Gasteiger partial charge in [-0.1, -0.05) is 25.9 Å². The summed E-state index contributed by atoms with van der Waals surface area (Å²) in [4.78, 5) is 0. The van der Waals surface area contributed by atoms with Crippen LogP contribution in [0.3, 0.4) is 0 Å². The van der Waals surface area contributed by atoms with Crippen molar-refractivity contribution in [1.82, 2.24) is 5.32 Å². The summed E-state index contributed by atoms with van der Waals surface area (Å²) >= 11 is 0. The molecule has 0 spiro atoms. The summed E-state index contributed by atoms with van der Waals surface area (Å²) in [6, 6.07) is 0. The number of nitrogens with zero attached hydrogens (tertiary/aromatic N) is 1. The number of aliphatic hydroxyl groups excluding tert-OH is 1. The Morgan fingerprint density at radius 1 is 1.57 bits per heavy atom. The van der Waals surface area contributed by atoms with Gasteiger partial charge in [0.15, 0.2) is 0 Å². The Hall–Kier alpha value is -0.810. The first-order chi connectivity index (χ1) is 6.43. The largest absolute Gasteiger partial charge is 0.409 e. The van der Waals surface area contributed by atoms with Crippen LogP contribution >= 0.6 is 0 Å². The summed E-state index contributed by atoms with van der Waals surface area (Å²) in [6.07, 6.45) is 0. The molecule has 0 fully saturated rings. The predicted molar refractivity (Wildman–Crippen MR) is 56.3 cm³/mol. The van der Waals surface area contributed by atoms with Gasteiger partial charge in [0.25, 0.3) is 0 Å². The average molecular weight is 203 g/mol. The van der Waals surface area contributed by atoms with Crippen molar-refractivity contribution in [2.24, 2.45) is 22.2 Å². The molecule has 0 bridgehead atoms. The second-order valence-corrected chi connectivity index (χ2v) is 4.38. The average Bonchev–Trinajstić information content (AvgIpc) is 2.16. The lowest BCUT2D eigenvalue weighted by molar-refractivity contribution is 0.156. The van der Waals surface area contributed by atoms with Gasteiger partial charge in [-0.2, -0.15) is 0 Å². The maximum atomic E-state index is 8.99. The van der Waals surface area contributed by atoms with Crippen LogP contribution in [0.2, 0.25) is 0 Å². The van der Waals surface area contributed by atoms with E-state index in [9.17, 15) is 0 Å². The molecule has 0 radical (unpaired) electrons. The molecular weight excluding hydrogens is 182 g/mol. The van der Waals surface area contributed by atoms with Crippen LogP contribution in [0.25, 0.3) is 0 Å². The van der Waals surface area contributed by atoms with Gasteiger partial charge in [-0.05, 0) is 0 Å². The highest BCUT2D eigenvalue weighted by atomic mass is 16.4. The van der Waals surface area contributed by atoms with Gasteiger partial charge >= 0.3 is 0 Å². The summed E-state index contributed by atoms with van der Waals surface area (Å²) in [5.74, 6) is 0.216. The summed E-state index contributed by atoms with van der Waals surface area (Å²) in [5.41, 5.74) is 5.28. The van der Waals surface area contributed by atoms with E-state index >= 15 is 0 Å². The number of aliphatic hydroxyl groups is 1. The number of amidine groups is 1. The zero-order valence-corrected chi connectivity index (χ0v) is 9.12. The van der Waals surface area contributed by atoms with Crippen LogP contribution in [0.1, 0.15) is 20.8 Å². The lowest BCUT2D eigenvalue weighted by Gasteiger charge is -2.23. The van der Waals surface area contributed by atoms with E-state index < -0.39 is 0 Å². The fourth-order valence-electron chi connectivity index (χ4n) is 0.886. The Morgan fingerprint density at radius 2 is 2.14 bits per heavy atom. The van der Waals surface area contributed by atoms with Crippen LogP contribution in [0.4, 0.5) is 0 Å². The molecule has 14 heavy (non-hydrogen) atoms. The van der Waals surface area contributed by atoms with Crippen molar-refractivity contribution in [3.8, 4) is 0 Å². The molecule has 0 aliphatic carbocycles. The number of hydrogen-bond donors (Lipinski definition) is 4. The molecule has 0 saturated heterocycles. The zero-order chi connectivity index (χ0) is 11.2. The van der Waals surface area contributed by atoms with Crippen molar-refractivity contribution in [2.75, 3.05) is 19.7 Å². The normalized spacial score (nSPS) is 15.6. The minimum Gasteiger partial charge on any atom is -0.409 e. The Bertz CT molecular complexity index is 192. The highest BCUT2D eigenvalue weighted by molar-refractivity contribution is 5.82. The van der Waals surface area contributed by atoms with E-state index in [4.69, 9.17) is 16.0 Å². The quantitative estimate of drug-likeness (QED) is 0.211. The maximum absolute atomic E-state index is 8.99. The van der Waals surface area contributed by atoms with Crippen molar-refractivity contribution in [1.29, 1.82) is 0 Å². The van der Waals surface area contributed by atoms with E-state index in [1.807, 2.05) is 20.8 Å². The monoisotopic (exact) mass is 203 g/mol. The van der Waals surface area contributed by atoms with Crippen LogP contribution in [-0.2, 0) is 0 Å². The molecule has 0 aromatic carbocycles. The van der Waals surface area contributed by atoms with Crippen molar-refractivity contribution in [3.63, 3.8) is 0 Å². The lowest BCUT2D eigenvalue weighted by atomic mass is 9.95. The van der Waals surface area contributed by atoms with Gasteiger partial charge in [-0.3, -0.25) is 0 Å². The second-order valence-electron chi connectivity index (χ2n) is 4.38. The van der Waals surface area contributed by atoms with Crippen LogP contribution in [0, 0.1) is 11.3 Å². The van der Waals surface area contributed by atoms with E-state index in [0.29, 0.717) is 13.1 Å². The molecule has 5 heteroatoms. The third-order valence-electron chi connectivity index (χ3n) is 2.10. The molecule has 0 amide bonds. The number of nitrogens with two attached hydrogens (primary N) is 1. The van der Waals surface area contributed by atoms with E-state index in [1.165, 1.54) is 0 Å². The molecule has 0 aliphatic rings. The van der Waals surface area contributed by atoms with Crippen LogP contribution < -0.4 is 11.1 Å². The summed E-state index contributed by atoms with van der Waals surface area (Å²) in [7, 11) is 0. The summed E-state index contributed by atoms with van der Waals surface area (Å²) < 4.78 is 0. The van der Waals surface area contributed by atoms with Crippen LogP contribution in [0.5, 0.6) is 0 Å². The lowest BCUT2D eigenvalue weighted by Crippen LogP contribution is -2.37. The van der Waals surface area contributed by atoms with Crippen LogP contribution in [0.15, 0.2) is 5.16 Å². The van der Waals surface area contributed by atoms with Gasteiger partial charge in [0.2, 0.25) is 0 Å². The third kappa shape index (κ3) is 5.04. The summed E-state index contributed by atoms with van der Waals surface area (Å²) in [6.45, 7) is 7.28. The molecule has 0 saturated carbocycles. The Balaban J connectivity index is 3.75. The van der Waals surface area contributed by atoms with E-state index in [2.05, 4.69) is 10.5 Å². The van der Waals surface area contributed by atoms with Crippen molar-refractivity contribution in [2.45, 2.75) is 20.8 Å².